The summed E-state index contributed by atoms with van der Waals surface area (Å²) in [6.45, 7) is 2.85. The van der Waals surface area contributed by atoms with E-state index >= 15 is 0 Å². The van der Waals surface area contributed by atoms with Crippen molar-refractivity contribution in [1.29, 1.82) is 0 Å². The number of fused-ring (bicyclic) bond motifs is 3. The Hall–Kier alpha value is -2.33. The molecule has 0 saturated heterocycles. The zero-order chi connectivity index (χ0) is 21.5. The molecule has 0 saturated carbocycles. The average molecular weight is 680 g/mol. The summed E-state index contributed by atoms with van der Waals surface area (Å²) in [5, 5.41) is 13.5. The SMILES string of the molecule is CC(=O)/C=C(/C)O.[Ir].[c-]1ccc2[se]c3cccc4sc5cc6ccccc6nc5c1c2c43. The maximum atomic E-state index is 10.0. The average Bonchev–Trinajstić information content (AvgIpc) is 3.05. The van der Waals surface area contributed by atoms with Crippen molar-refractivity contribution in [2.75, 3.05) is 0 Å². The molecule has 0 bridgehead atoms. The molecule has 0 aliphatic rings. The molecule has 3 nitrogen and oxygen atoms in total. The van der Waals surface area contributed by atoms with Crippen LogP contribution in [0.15, 0.2) is 72.5 Å². The molecule has 0 aliphatic carbocycles. The second-order valence-corrected chi connectivity index (χ2v) is 10.7. The number of pyridine rings is 1. The van der Waals surface area contributed by atoms with Gasteiger partial charge in [-0.1, -0.05) is 0 Å². The Morgan fingerprint density at radius 2 is 1.81 bits per heavy atom. The van der Waals surface area contributed by atoms with Gasteiger partial charge in [-0.15, -0.1) is 0 Å². The molecule has 6 heteroatoms. The predicted molar refractivity (Wildman–Crippen MR) is 132 cm³/mol. The number of ketones is 1. The Labute approximate surface area is 208 Å². The summed E-state index contributed by atoms with van der Waals surface area (Å²) in [6, 6.07) is 25.2. The van der Waals surface area contributed by atoms with Gasteiger partial charge in [-0.05, 0) is 13.8 Å². The Bertz CT molecular complexity index is 1640. The number of allylic oxidation sites excluding steroid dienone is 2. The predicted octanol–water partition coefficient (Wildman–Crippen LogP) is 6.80. The number of hydrogen-bond donors (Lipinski definition) is 1. The molecule has 0 fully saturated rings. The third-order valence-electron chi connectivity index (χ3n) is 4.97. The summed E-state index contributed by atoms with van der Waals surface area (Å²) in [5.74, 6) is -0.0625. The van der Waals surface area contributed by atoms with E-state index in [0.717, 1.165) is 11.0 Å². The molecule has 3 aromatic carbocycles. The number of nitrogens with zero attached hydrogens (tertiary/aromatic N) is 1. The van der Waals surface area contributed by atoms with Crippen molar-refractivity contribution in [3.63, 3.8) is 0 Å². The van der Waals surface area contributed by atoms with Crippen molar-refractivity contribution >= 4 is 82.1 Å². The van der Waals surface area contributed by atoms with Gasteiger partial charge in [-0.2, -0.15) is 0 Å². The molecule has 0 atom stereocenters. The van der Waals surface area contributed by atoms with Gasteiger partial charge >= 0.3 is 148 Å². The van der Waals surface area contributed by atoms with Gasteiger partial charge in [0, 0.05) is 26.2 Å². The van der Waals surface area contributed by atoms with Gasteiger partial charge in [0.05, 0.1) is 5.76 Å². The minimum atomic E-state index is -0.125. The van der Waals surface area contributed by atoms with E-state index in [-0.39, 0.29) is 31.6 Å². The van der Waals surface area contributed by atoms with Crippen molar-refractivity contribution in [2.24, 2.45) is 0 Å². The number of aliphatic hydroxyl groups is 1. The Morgan fingerprint density at radius 1 is 1.03 bits per heavy atom. The molecule has 0 unspecified atom stereocenters. The van der Waals surface area contributed by atoms with Crippen LogP contribution in [0, 0.1) is 6.07 Å². The fourth-order valence-electron chi connectivity index (χ4n) is 3.81. The van der Waals surface area contributed by atoms with Gasteiger partial charge in [0.1, 0.15) is 0 Å². The summed E-state index contributed by atoms with van der Waals surface area (Å²) >= 11 is 2.24. The first-order valence-corrected chi connectivity index (χ1v) is 12.4. The van der Waals surface area contributed by atoms with Gasteiger partial charge in [0.25, 0.3) is 0 Å². The van der Waals surface area contributed by atoms with Gasteiger partial charge in [0.15, 0.2) is 5.78 Å². The van der Waals surface area contributed by atoms with Crippen molar-refractivity contribution in [1.82, 2.24) is 4.98 Å². The quantitative estimate of drug-likeness (QED) is 0.0901. The summed E-state index contributed by atoms with van der Waals surface area (Å²) in [7, 11) is 0. The van der Waals surface area contributed by atoms with Crippen LogP contribution in [-0.4, -0.2) is 30.4 Å². The molecule has 3 aromatic heterocycles. The number of hydrogen-bond acceptors (Lipinski definition) is 4. The number of aliphatic hydroxyl groups excluding tert-OH is 1. The minimum absolute atomic E-state index is 0. The summed E-state index contributed by atoms with van der Waals surface area (Å²) in [5.41, 5.74) is 2.13. The molecule has 0 aliphatic heterocycles. The summed E-state index contributed by atoms with van der Waals surface area (Å²) in [6.07, 6.45) is 1.17. The van der Waals surface area contributed by atoms with Gasteiger partial charge in [-0.25, -0.2) is 0 Å². The topological polar surface area (TPSA) is 50.2 Å². The van der Waals surface area contributed by atoms with Crippen LogP contribution in [0.25, 0.3) is 50.5 Å². The third-order valence-corrected chi connectivity index (χ3v) is 8.42. The fraction of sp³-hybridized carbons (Fsp3) is 0.0769. The van der Waals surface area contributed by atoms with Crippen molar-refractivity contribution in [3.8, 4) is 0 Å². The Balaban J connectivity index is 0.000000271. The third kappa shape index (κ3) is 4.17. The van der Waals surface area contributed by atoms with Crippen LogP contribution in [0.3, 0.4) is 0 Å². The first kappa shape index (κ1) is 22.8. The number of carbonyl (C=O) groups is 1. The molecule has 1 radical (unpaired) electrons. The zero-order valence-electron chi connectivity index (χ0n) is 17.3. The zero-order valence-corrected chi connectivity index (χ0v) is 22.2. The molecule has 0 spiro atoms. The second kappa shape index (κ2) is 9.27. The molecule has 6 aromatic rings. The number of aromatic nitrogens is 1. The molecule has 161 valence electrons. The van der Waals surface area contributed by atoms with E-state index in [0.29, 0.717) is 14.5 Å². The molecule has 6 rings (SSSR count). The van der Waals surface area contributed by atoms with E-state index in [1.807, 2.05) is 11.3 Å². The van der Waals surface area contributed by atoms with Crippen molar-refractivity contribution in [2.45, 2.75) is 13.8 Å². The number of benzene rings is 3. The van der Waals surface area contributed by atoms with Crippen LogP contribution in [-0.2, 0) is 24.9 Å². The first-order chi connectivity index (χ1) is 15.0. The van der Waals surface area contributed by atoms with Crippen LogP contribution < -0.4 is 0 Å². The van der Waals surface area contributed by atoms with Gasteiger partial charge in [0.2, 0.25) is 0 Å². The van der Waals surface area contributed by atoms with Crippen LogP contribution in [0.4, 0.5) is 0 Å². The van der Waals surface area contributed by atoms with Crippen LogP contribution in [0.2, 0.25) is 0 Å². The molecular formula is C26H18IrNO2SSe-. The summed E-state index contributed by atoms with van der Waals surface area (Å²) in [4.78, 5) is 15.0. The molecule has 3 heterocycles. The first-order valence-electron chi connectivity index (χ1n) is 9.83. The standard InChI is InChI=1S/C21H10NSSe.C5H8O2.Ir/c1-2-7-14-12(5-1)11-16-21(22-14)13-6-3-9-17-19(13)20-15(23-16)8-4-10-18(20)24-17;1-4(6)3-5(2)7;/h1-5,7-11H;3,6H,1-2H3;/q-1;;/b;4-3-;. The summed E-state index contributed by atoms with van der Waals surface area (Å²) < 4.78 is 5.53. The maximum absolute atomic E-state index is 10.0. The van der Waals surface area contributed by atoms with E-state index in [1.54, 1.807) is 0 Å². The second-order valence-electron chi connectivity index (χ2n) is 7.35. The van der Waals surface area contributed by atoms with E-state index in [2.05, 4.69) is 66.7 Å². The Morgan fingerprint density at radius 3 is 2.56 bits per heavy atom. The van der Waals surface area contributed by atoms with E-state index in [9.17, 15) is 4.79 Å². The normalized spacial score (nSPS) is 11.6. The van der Waals surface area contributed by atoms with E-state index in [1.165, 1.54) is 59.4 Å². The van der Waals surface area contributed by atoms with Gasteiger partial charge < -0.3 is 5.11 Å². The molecular weight excluding hydrogens is 662 g/mol. The van der Waals surface area contributed by atoms with Crippen LogP contribution >= 0.6 is 11.3 Å². The van der Waals surface area contributed by atoms with Gasteiger partial charge in [-0.3, -0.25) is 4.79 Å². The monoisotopic (exact) mass is 681 g/mol. The molecule has 0 amide bonds. The van der Waals surface area contributed by atoms with E-state index < -0.39 is 0 Å². The number of carbonyl (C=O) groups excluding carboxylic acids is 1. The molecule has 32 heavy (non-hydrogen) atoms. The van der Waals surface area contributed by atoms with Crippen molar-refractivity contribution in [3.05, 3.63) is 78.6 Å². The van der Waals surface area contributed by atoms with Crippen molar-refractivity contribution < 1.29 is 30.0 Å². The fourth-order valence-corrected chi connectivity index (χ4v) is 7.48. The van der Waals surface area contributed by atoms with E-state index in [4.69, 9.17) is 10.1 Å². The number of para-hydroxylation sites is 1. The number of rotatable bonds is 1. The van der Waals surface area contributed by atoms with Crippen LogP contribution in [0.1, 0.15) is 13.8 Å². The molecule has 1 N–H and O–H groups in total. The Kier molecular flexibility index (Phi) is 6.62. The van der Waals surface area contributed by atoms with Crippen LogP contribution in [0.5, 0.6) is 0 Å².